The summed E-state index contributed by atoms with van der Waals surface area (Å²) >= 11 is 0. The molecule has 1 aliphatic rings. The maximum Gasteiger partial charge on any atom is 0.243 e. The van der Waals surface area contributed by atoms with Gasteiger partial charge in [0.25, 0.3) is 0 Å². The Hall–Kier alpha value is -2.77. The molecule has 0 aliphatic carbocycles. The van der Waals surface area contributed by atoms with Crippen molar-refractivity contribution in [3.63, 3.8) is 0 Å². The van der Waals surface area contributed by atoms with E-state index in [1.165, 1.54) is 6.92 Å². The van der Waals surface area contributed by atoms with Gasteiger partial charge in [0.2, 0.25) is 15.9 Å². The molecule has 150 valence electrons. The summed E-state index contributed by atoms with van der Waals surface area (Å²) in [6, 6.07) is 16.4. The van der Waals surface area contributed by atoms with E-state index in [-0.39, 0.29) is 16.7 Å². The molecule has 0 saturated carbocycles. The molecule has 0 spiro atoms. The number of aromatic nitrogens is 1. The molecule has 0 radical (unpaired) electrons. The topological polar surface area (TPSA) is 79.4 Å². The number of nitrogens with one attached hydrogen (secondary N) is 1. The molecule has 29 heavy (non-hydrogen) atoms. The van der Waals surface area contributed by atoms with Gasteiger partial charge in [0.1, 0.15) is 0 Å². The van der Waals surface area contributed by atoms with Gasteiger partial charge in [-0.15, -0.1) is 0 Å². The van der Waals surface area contributed by atoms with Crippen LogP contribution >= 0.6 is 0 Å². The fourth-order valence-electron chi connectivity index (χ4n) is 3.79. The average Bonchev–Trinajstić information content (AvgIpc) is 2.73. The standard InChI is InChI=1S/C22H23N3O3S/c1-16(26)24-20-8-10-21(11-9-20)29(27,28)25-12-4-7-19(15-25)22-13-17-5-2-3-6-18(17)14-23-22/h2-3,5-6,8-11,13-14,19H,4,7,12,15H2,1H3,(H,24,26). The summed E-state index contributed by atoms with van der Waals surface area (Å²) in [6.45, 7) is 2.33. The zero-order valence-electron chi connectivity index (χ0n) is 16.2. The molecule has 0 bridgehead atoms. The normalized spacial score (nSPS) is 17.9. The smallest absolute Gasteiger partial charge is 0.243 e. The first-order valence-electron chi connectivity index (χ1n) is 9.66. The Kier molecular flexibility index (Phi) is 5.34. The van der Waals surface area contributed by atoms with E-state index in [2.05, 4.69) is 22.4 Å². The Balaban J connectivity index is 1.55. The minimum atomic E-state index is -3.60. The van der Waals surface area contributed by atoms with E-state index < -0.39 is 10.0 Å². The van der Waals surface area contributed by atoms with Gasteiger partial charge >= 0.3 is 0 Å². The van der Waals surface area contributed by atoms with Crippen LogP contribution in [0.2, 0.25) is 0 Å². The predicted octanol–water partition coefficient (Wildman–Crippen LogP) is 3.76. The molecule has 1 unspecified atom stereocenters. The summed E-state index contributed by atoms with van der Waals surface area (Å²) in [4.78, 5) is 16.0. The van der Waals surface area contributed by atoms with E-state index in [0.717, 1.165) is 29.3 Å². The van der Waals surface area contributed by atoms with Crippen molar-refractivity contribution in [2.24, 2.45) is 0 Å². The number of benzene rings is 2. The van der Waals surface area contributed by atoms with Gasteiger partial charge < -0.3 is 5.32 Å². The summed E-state index contributed by atoms with van der Waals surface area (Å²) in [6.07, 6.45) is 3.57. The van der Waals surface area contributed by atoms with Crippen LogP contribution < -0.4 is 5.32 Å². The highest BCUT2D eigenvalue weighted by molar-refractivity contribution is 7.89. The van der Waals surface area contributed by atoms with Gasteiger partial charge in [0.15, 0.2) is 0 Å². The van der Waals surface area contributed by atoms with E-state index in [1.807, 2.05) is 24.4 Å². The van der Waals surface area contributed by atoms with Crippen molar-refractivity contribution in [2.75, 3.05) is 18.4 Å². The number of nitrogens with zero attached hydrogens (tertiary/aromatic N) is 2. The van der Waals surface area contributed by atoms with Crippen molar-refractivity contribution in [2.45, 2.75) is 30.6 Å². The average molecular weight is 410 g/mol. The number of anilines is 1. The maximum atomic E-state index is 13.1. The van der Waals surface area contributed by atoms with Crippen molar-refractivity contribution >= 4 is 32.4 Å². The maximum absolute atomic E-state index is 13.1. The number of hydrogen-bond donors (Lipinski definition) is 1. The van der Waals surface area contributed by atoms with E-state index >= 15 is 0 Å². The fourth-order valence-corrected chi connectivity index (χ4v) is 5.31. The highest BCUT2D eigenvalue weighted by Gasteiger charge is 2.31. The van der Waals surface area contributed by atoms with Crippen LogP contribution in [0.25, 0.3) is 10.8 Å². The molecule has 1 fully saturated rings. The molecule has 6 nitrogen and oxygen atoms in total. The lowest BCUT2D eigenvalue weighted by Crippen LogP contribution is -2.39. The molecule has 2 heterocycles. The third-order valence-electron chi connectivity index (χ3n) is 5.27. The number of fused-ring (bicyclic) bond motifs is 1. The lowest BCUT2D eigenvalue weighted by Gasteiger charge is -2.31. The van der Waals surface area contributed by atoms with Gasteiger partial charge in [0, 0.05) is 48.9 Å². The summed E-state index contributed by atoms with van der Waals surface area (Å²) in [5.41, 5.74) is 1.51. The second kappa shape index (κ2) is 7.93. The molecule has 1 N–H and O–H groups in total. The van der Waals surface area contributed by atoms with Crippen molar-refractivity contribution in [3.8, 4) is 0 Å². The highest BCUT2D eigenvalue weighted by atomic mass is 32.2. The van der Waals surface area contributed by atoms with Crippen LogP contribution in [0, 0.1) is 0 Å². The second-order valence-electron chi connectivity index (χ2n) is 7.36. The lowest BCUT2D eigenvalue weighted by atomic mass is 9.94. The van der Waals surface area contributed by atoms with Crippen LogP contribution in [0.4, 0.5) is 5.69 Å². The number of hydrogen-bond acceptors (Lipinski definition) is 4. The van der Waals surface area contributed by atoms with Gasteiger partial charge in [0.05, 0.1) is 4.90 Å². The number of pyridine rings is 1. The van der Waals surface area contributed by atoms with Crippen LogP contribution in [0.15, 0.2) is 65.7 Å². The molecular weight excluding hydrogens is 386 g/mol. The molecule has 7 heteroatoms. The molecule has 1 saturated heterocycles. The number of piperidine rings is 1. The summed E-state index contributed by atoms with van der Waals surface area (Å²) in [5.74, 6) is -0.121. The van der Waals surface area contributed by atoms with Crippen LogP contribution in [-0.4, -0.2) is 36.7 Å². The van der Waals surface area contributed by atoms with E-state index in [0.29, 0.717) is 18.8 Å². The zero-order valence-corrected chi connectivity index (χ0v) is 17.0. The first kappa shape index (κ1) is 19.5. The zero-order chi connectivity index (χ0) is 20.4. The molecule has 1 aromatic heterocycles. The third kappa shape index (κ3) is 4.16. The minimum absolute atomic E-state index is 0.0711. The number of carbonyl (C=O) groups is 1. The van der Waals surface area contributed by atoms with Gasteiger partial charge in [-0.1, -0.05) is 24.3 Å². The van der Waals surface area contributed by atoms with Crippen molar-refractivity contribution in [1.29, 1.82) is 0 Å². The van der Waals surface area contributed by atoms with E-state index in [1.54, 1.807) is 28.6 Å². The molecule has 1 aliphatic heterocycles. The first-order valence-corrected chi connectivity index (χ1v) is 11.1. The highest BCUT2D eigenvalue weighted by Crippen LogP contribution is 2.31. The first-order chi connectivity index (χ1) is 13.9. The lowest BCUT2D eigenvalue weighted by molar-refractivity contribution is -0.114. The number of sulfonamides is 1. The largest absolute Gasteiger partial charge is 0.326 e. The molecule has 4 rings (SSSR count). The van der Waals surface area contributed by atoms with E-state index in [4.69, 9.17) is 0 Å². The molecule has 1 amide bonds. The third-order valence-corrected chi connectivity index (χ3v) is 7.15. The van der Waals surface area contributed by atoms with Crippen LogP contribution in [0.3, 0.4) is 0 Å². The van der Waals surface area contributed by atoms with Crippen molar-refractivity contribution in [3.05, 3.63) is 66.5 Å². The van der Waals surface area contributed by atoms with Crippen molar-refractivity contribution < 1.29 is 13.2 Å². The molecular formula is C22H23N3O3S. The Morgan fingerprint density at radius 2 is 1.83 bits per heavy atom. The van der Waals surface area contributed by atoms with Gasteiger partial charge in [-0.3, -0.25) is 9.78 Å². The molecule has 2 aromatic carbocycles. The Labute approximate surface area is 170 Å². The SMILES string of the molecule is CC(=O)Nc1ccc(S(=O)(=O)N2CCCC(c3cc4ccccc4cn3)C2)cc1. The number of rotatable bonds is 4. The summed E-state index contributed by atoms with van der Waals surface area (Å²) in [7, 11) is -3.60. The summed E-state index contributed by atoms with van der Waals surface area (Å²) < 4.78 is 27.8. The fraction of sp³-hybridized carbons (Fsp3) is 0.273. The Bertz CT molecular complexity index is 1140. The van der Waals surface area contributed by atoms with Crippen molar-refractivity contribution in [1.82, 2.24) is 9.29 Å². The molecule has 1 atom stereocenters. The predicted molar refractivity (Wildman–Crippen MR) is 113 cm³/mol. The van der Waals surface area contributed by atoms with Gasteiger partial charge in [-0.25, -0.2) is 8.42 Å². The second-order valence-corrected chi connectivity index (χ2v) is 9.30. The van der Waals surface area contributed by atoms with E-state index in [9.17, 15) is 13.2 Å². The number of amides is 1. The Morgan fingerprint density at radius 3 is 2.55 bits per heavy atom. The van der Waals surface area contributed by atoms with Gasteiger partial charge in [-0.05, 0) is 48.6 Å². The minimum Gasteiger partial charge on any atom is -0.326 e. The van der Waals surface area contributed by atoms with Crippen LogP contribution in [0.1, 0.15) is 31.4 Å². The van der Waals surface area contributed by atoms with Gasteiger partial charge in [-0.2, -0.15) is 4.31 Å². The monoisotopic (exact) mass is 409 g/mol. The van der Waals surface area contributed by atoms with Crippen LogP contribution in [-0.2, 0) is 14.8 Å². The quantitative estimate of drug-likeness (QED) is 0.712. The summed E-state index contributed by atoms with van der Waals surface area (Å²) in [5, 5.41) is 4.85. The molecule has 3 aromatic rings. The van der Waals surface area contributed by atoms with Crippen LogP contribution in [0.5, 0.6) is 0 Å². The number of carbonyl (C=O) groups excluding carboxylic acids is 1. The Morgan fingerprint density at radius 1 is 1.10 bits per heavy atom.